The SMILES string of the molecule is CCOc1ccccc1N1C(=O)C(c2ccccc2)=C(N2CCOCC2)C1=O. The van der Waals surface area contributed by atoms with E-state index in [9.17, 15) is 9.59 Å². The monoisotopic (exact) mass is 378 g/mol. The van der Waals surface area contributed by atoms with Gasteiger partial charge in [0.05, 0.1) is 31.1 Å². The number of carbonyl (C=O) groups is 2. The van der Waals surface area contributed by atoms with E-state index in [2.05, 4.69) is 0 Å². The first-order valence-electron chi connectivity index (χ1n) is 9.45. The molecule has 2 aromatic carbocycles. The maximum absolute atomic E-state index is 13.5. The standard InChI is InChI=1S/C22H22N2O4/c1-2-28-18-11-7-6-10-17(18)24-21(25)19(16-8-4-3-5-9-16)20(22(24)26)23-12-14-27-15-13-23/h3-11H,2,12-15H2,1H3. The molecule has 6 nitrogen and oxygen atoms in total. The van der Waals surface area contributed by atoms with Gasteiger partial charge >= 0.3 is 0 Å². The van der Waals surface area contributed by atoms with Gasteiger partial charge in [0.15, 0.2) is 0 Å². The van der Waals surface area contributed by atoms with E-state index in [1.54, 1.807) is 18.2 Å². The van der Waals surface area contributed by atoms with Crippen molar-refractivity contribution in [2.24, 2.45) is 0 Å². The van der Waals surface area contributed by atoms with E-state index in [1.807, 2.05) is 48.2 Å². The summed E-state index contributed by atoms with van der Waals surface area (Å²) in [7, 11) is 0. The third-order valence-corrected chi connectivity index (χ3v) is 4.86. The molecule has 0 spiro atoms. The van der Waals surface area contributed by atoms with Gasteiger partial charge in [0.25, 0.3) is 11.8 Å². The molecule has 4 rings (SSSR count). The summed E-state index contributed by atoms with van der Waals surface area (Å²) in [4.78, 5) is 30.1. The Morgan fingerprint density at radius 1 is 0.929 bits per heavy atom. The Hall–Kier alpha value is -3.12. The zero-order chi connectivity index (χ0) is 19.5. The van der Waals surface area contributed by atoms with Crippen molar-refractivity contribution in [3.05, 3.63) is 65.9 Å². The van der Waals surface area contributed by atoms with Gasteiger partial charge in [-0.15, -0.1) is 0 Å². The molecule has 1 saturated heterocycles. The van der Waals surface area contributed by atoms with Crippen LogP contribution in [0.1, 0.15) is 12.5 Å². The van der Waals surface area contributed by atoms with Crippen LogP contribution in [-0.2, 0) is 14.3 Å². The first-order valence-corrected chi connectivity index (χ1v) is 9.45. The molecule has 2 amide bonds. The average molecular weight is 378 g/mol. The number of imide groups is 1. The fraction of sp³-hybridized carbons (Fsp3) is 0.273. The van der Waals surface area contributed by atoms with Crippen LogP contribution in [0.3, 0.4) is 0 Å². The minimum Gasteiger partial charge on any atom is -0.492 e. The topological polar surface area (TPSA) is 59.1 Å². The zero-order valence-corrected chi connectivity index (χ0v) is 15.8. The Labute approximate surface area is 164 Å². The Balaban J connectivity index is 1.82. The molecule has 28 heavy (non-hydrogen) atoms. The van der Waals surface area contributed by atoms with Gasteiger partial charge in [0.2, 0.25) is 0 Å². The Bertz CT molecular complexity index is 917. The van der Waals surface area contributed by atoms with Crippen LogP contribution in [0.4, 0.5) is 5.69 Å². The first kappa shape index (κ1) is 18.3. The van der Waals surface area contributed by atoms with Crippen LogP contribution in [0.25, 0.3) is 5.57 Å². The molecular weight excluding hydrogens is 356 g/mol. The van der Waals surface area contributed by atoms with Gasteiger partial charge in [0, 0.05) is 13.1 Å². The maximum Gasteiger partial charge on any atom is 0.282 e. The molecule has 6 heteroatoms. The second-order valence-corrected chi connectivity index (χ2v) is 6.54. The lowest BCUT2D eigenvalue weighted by molar-refractivity contribution is -0.121. The number of para-hydroxylation sites is 2. The normalized spacial score (nSPS) is 17.5. The summed E-state index contributed by atoms with van der Waals surface area (Å²) < 4.78 is 11.1. The second kappa shape index (κ2) is 7.86. The molecule has 2 aliphatic rings. The molecule has 2 heterocycles. The second-order valence-electron chi connectivity index (χ2n) is 6.54. The smallest absolute Gasteiger partial charge is 0.282 e. The van der Waals surface area contributed by atoms with Crippen molar-refractivity contribution in [1.82, 2.24) is 4.90 Å². The summed E-state index contributed by atoms with van der Waals surface area (Å²) in [5, 5.41) is 0. The third kappa shape index (κ3) is 3.16. The number of morpholine rings is 1. The van der Waals surface area contributed by atoms with E-state index in [1.165, 1.54) is 4.90 Å². The first-order chi connectivity index (χ1) is 13.7. The minimum atomic E-state index is -0.329. The van der Waals surface area contributed by atoms with Crippen molar-refractivity contribution in [1.29, 1.82) is 0 Å². The molecule has 2 aliphatic heterocycles. The number of anilines is 1. The number of nitrogens with zero attached hydrogens (tertiary/aromatic N) is 2. The Kier molecular flexibility index (Phi) is 5.12. The van der Waals surface area contributed by atoms with Crippen LogP contribution in [0.15, 0.2) is 60.3 Å². The number of benzene rings is 2. The average Bonchev–Trinajstić information content (AvgIpc) is 3.00. The van der Waals surface area contributed by atoms with E-state index >= 15 is 0 Å². The summed E-state index contributed by atoms with van der Waals surface area (Å²) in [6, 6.07) is 16.5. The molecule has 1 fully saturated rings. The van der Waals surface area contributed by atoms with Crippen LogP contribution >= 0.6 is 0 Å². The number of ether oxygens (including phenoxy) is 2. The van der Waals surface area contributed by atoms with Crippen LogP contribution in [-0.4, -0.2) is 49.6 Å². The number of rotatable bonds is 5. The minimum absolute atomic E-state index is 0.321. The van der Waals surface area contributed by atoms with Crippen LogP contribution in [0.5, 0.6) is 5.75 Å². The summed E-state index contributed by atoms with van der Waals surface area (Å²) in [5.74, 6) is -0.134. The van der Waals surface area contributed by atoms with Crippen molar-refractivity contribution in [2.75, 3.05) is 37.8 Å². The number of hydrogen-bond acceptors (Lipinski definition) is 5. The highest BCUT2D eigenvalue weighted by atomic mass is 16.5. The van der Waals surface area contributed by atoms with Crippen molar-refractivity contribution in [2.45, 2.75) is 6.92 Å². The van der Waals surface area contributed by atoms with E-state index in [-0.39, 0.29) is 11.8 Å². The molecule has 0 atom stereocenters. The van der Waals surface area contributed by atoms with Crippen molar-refractivity contribution in [3.63, 3.8) is 0 Å². The number of hydrogen-bond donors (Lipinski definition) is 0. The molecule has 0 bridgehead atoms. The highest BCUT2D eigenvalue weighted by Gasteiger charge is 2.43. The molecule has 0 radical (unpaired) electrons. The Morgan fingerprint density at radius 3 is 2.32 bits per heavy atom. The molecule has 0 aromatic heterocycles. The van der Waals surface area contributed by atoms with Gasteiger partial charge in [-0.3, -0.25) is 9.59 Å². The van der Waals surface area contributed by atoms with Crippen molar-refractivity contribution < 1.29 is 19.1 Å². The molecule has 2 aromatic rings. The molecule has 0 N–H and O–H groups in total. The predicted octanol–water partition coefficient (Wildman–Crippen LogP) is 2.70. The zero-order valence-electron chi connectivity index (χ0n) is 15.8. The predicted molar refractivity (Wildman–Crippen MR) is 106 cm³/mol. The molecule has 144 valence electrons. The largest absolute Gasteiger partial charge is 0.492 e. The van der Waals surface area contributed by atoms with Crippen molar-refractivity contribution in [3.8, 4) is 5.75 Å². The van der Waals surface area contributed by atoms with E-state index in [4.69, 9.17) is 9.47 Å². The molecule has 0 unspecified atom stereocenters. The lowest BCUT2D eigenvalue weighted by Crippen LogP contribution is -2.40. The summed E-state index contributed by atoms with van der Waals surface area (Å²) in [5.41, 5.74) is 2.07. The highest BCUT2D eigenvalue weighted by molar-refractivity contribution is 6.45. The van der Waals surface area contributed by atoms with Gasteiger partial charge < -0.3 is 14.4 Å². The van der Waals surface area contributed by atoms with Gasteiger partial charge in [-0.1, -0.05) is 42.5 Å². The fourth-order valence-electron chi connectivity index (χ4n) is 3.60. The lowest BCUT2D eigenvalue weighted by Gasteiger charge is -2.29. The quantitative estimate of drug-likeness (QED) is 0.749. The summed E-state index contributed by atoms with van der Waals surface area (Å²) in [6.07, 6.45) is 0. The van der Waals surface area contributed by atoms with E-state index < -0.39 is 0 Å². The van der Waals surface area contributed by atoms with Crippen LogP contribution in [0, 0.1) is 0 Å². The van der Waals surface area contributed by atoms with E-state index in [0.29, 0.717) is 55.6 Å². The summed E-state index contributed by atoms with van der Waals surface area (Å²) in [6.45, 7) is 4.53. The lowest BCUT2D eigenvalue weighted by atomic mass is 10.0. The highest BCUT2D eigenvalue weighted by Crippen LogP contribution is 2.38. The number of carbonyl (C=O) groups excluding carboxylic acids is 2. The van der Waals surface area contributed by atoms with Crippen LogP contribution in [0.2, 0.25) is 0 Å². The Morgan fingerprint density at radius 2 is 1.61 bits per heavy atom. The van der Waals surface area contributed by atoms with Gasteiger partial charge in [-0.05, 0) is 24.6 Å². The van der Waals surface area contributed by atoms with Crippen LogP contribution < -0.4 is 9.64 Å². The molecular formula is C22H22N2O4. The fourth-order valence-corrected chi connectivity index (χ4v) is 3.60. The van der Waals surface area contributed by atoms with Gasteiger partial charge in [-0.25, -0.2) is 4.90 Å². The third-order valence-electron chi connectivity index (χ3n) is 4.86. The van der Waals surface area contributed by atoms with E-state index in [0.717, 1.165) is 5.56 Å². The molecule has 0 saturated carbocycles. The van der Waals surface area contributed by atoms with Gasteiger partial charge in [-0.2, -0.15) is 0 Å². The van der Waals surface area contributed by atoms with Gasteiger partial charge in [0.1, 0.15) is 11.4 Å². The maximum atomic E-state index is 13.5. The molecule has 0 aliphatic carbocycles. The summed E-state index contributed by atoms with van der Waals surface area (Å²) >= 11 is 0. The number of amides is 2. The van der Waals surface area contributed by atoms with Crippen molar-refractivity contribution >= 4 is 23.1 Å².